The van der Waals surface area contributed by atoms with Gasteiger partial charge in [-0.05, 0) is 23.8 Å². The molecule has 0 saturated heterocycles. The maximum atomic E-state index is 10.4. The predicted octanol–water partition coefficient (Wildman–Crippen LogP) is 3.19. The lowest BCUT2D eigenvalue weighted by Gasteiger charge is -2.10. The molecule has 4 heteroatoms. The minimum Gasteiger partial charge on any atom is -0.507 e. The number of aromatic hydroxyl groups is 1. The summed E-state index contributed by atoms with van der Waals surface area (Å²) in [5.74, 6) is 0.263. The number of phenols is 1. The number of hydrogen-bond acceptors (Lipinski definition) is 4. The molecule has 1 N–H and O–H groups in total. The molecule has 0 aromatic heterocycles. The molecule has 4 nitrogen and oxygen atoms in total. The molecule has 112 valence electrons. The Morgan fingerprint density at radius 2 is 1.58 bits per heavy atom. The van der Waals surface area contributed by atoms with Crippen LogP contribution in [0.4, 0.5) is 11.4 Å². The Morgan fingerprint density at radius 1 is 0.792 bits per heavy atom. The SMILES string of the molecule is Oc1cccc2c1-c1c3c(c4c(c1=N2)=Nc1ccccc1-4)C=NC3. The highest BCUT2D eigenvalue weighted by Gasteiger charge is 2.30. The number of para-hydroxylation sites is 1. The first-order chi connectivity index (χ1) is 11.8. The summed E-state index contributed by atoms with van der Waals surface area (Å²) in [5, 5.41) is 12.2. The maximum Gasteiger partial charge on any atom is 0.125 e. The van der Waals surface area contributed by atoms with Crippen LogP contribution in [-0.4, -0.2) is 11.3 Å². The Labute approximate surface area is 137 Å². The van der Waals surface area contributed by atoms with E-state index in [2.05, 4.69) is 11.1 Å². The van der Waals surface area contributed by atoms with Crippen LogP contribution >= 0.6 is 0 Å². The predicted molar refractivity (Wildman–Crippen MR) is 91.9 cm³/mol. The van der Waals surface area contributed by atoms with Gasteiger partial charge < -0.3 is 5.11 Å². The van der Waals surface area contributed by atoms with Crippen LogP contribution in [0.1, 0.15) is 11.1 Å². The lowest BCUT2D eigenvalue weighted by molar-refractivity contribution is 0.477. The fourth-order valence-corrected chi connectivity index (χ4v) is 3.99. The summed E-state index contributed by atoms with van der Waals surface area (Å²) in [4.78, 5) is 14.1. The first kappa shape index (κ1) is 12.2. The van der Waals surface area contributed by atoms with E-state index in [-0.39, 0.29) is 5.75 Å². The molecule has 3 aliphatic heterocycles. The van der Waals surface area contributed by atoms with E-state index in [1.807, 2.05) is 36.5 Å². The summed E-state index contributed by atoms with van der Waals surface area (Å²) in [7, 11) is 0. The van der Waals surface area contributed by atoms with Crippen molar-refractivity contribution in [3.63, 3.8) is 0 Å². The molecule has 0 radical (unpaired) electrons. The molecule has 6 rings (SSSR count). The monoisotopic (exact) mass is 309 g/mol. The molecule has 3 aromatic carbocycles. The van der Waals surface area contributed by atoms with Crippen LogP contribution in [0, 0.1) is 0 Å². The largest absolute Gasteiger partial charge is 0.507 e. The number of benzene rings is 3. The van der Waals surface area contributed by atoms with Gasteiger partial charge in [0.15, 0.2) is 0 Å². The lowest BCUT2D eigenvalue weighted by atomic mass is 9.90. The number of nitrogens with zero attached hydrogens (tertiary/aromatic N) is 3. The van der Waals surface area contributed by atoms with E-state index in [0.717, 1.165) is 55.5 Å². The number of fused-ring (bicyclic) bond motifs is 10. The number of aliphatic imine (C=N–C) groups is 1. The van der Waals surface area contributed by atoms with Crippen LogP contribution in [0.3, 0.4) is 0 Å². The van der Waals surface area contributed by atoms with Crippen molar-refractivity contribution >= 4 is 17.6 Å². The third-order valence-electron chi connectivity index (χ3n) is 4.97. The first-order valence-electron chi connectivity index (χ1n) is 7.91. The molecule has 3 aromatic rings. The van der Waals surface area contributed by atoms with Gasteiger partial charge in [-0.15, -0.1) is 0 Å². The second-order valence-corrected chi connectivity index (χ2v) is 6.22. The first-order valence-corrected chi connectivity index (χ1v) is 7.91. The molecule has 0 fully saturated rings. The standard InChI is InChI=1S/C20H11N3O/c24-15-7-3-6-14-18(15)17-12-9-21-8-11(12)16-10-4-1-2-5-13(10)22-19(16)20(17)23-14/h1-8,24H,9H2. The smallest absolute Gasteiger partial charge is 0.125 e. The van der Waals surface area contributed by atoms with Gasteiger partial charge in [-0.2, -0.15) is 0 Å². The summed E-state index contributed by atoms with van der Waals surface area (Å²) >= 11 is 0. The van der Waals surface area contributed by atoms with Crippen molar-refractivity contribution in [2.24, 2.45) is 15.0 Å². The fraction of sp³-hybridized carbons (Fsp3) is 0.0500. The molecule has 0 bridgehead atoms. The molecule has 0 spiro atoms. The lowest BCUT2D eigenvalue weighted by Crippen LogP contribution is -2.28. The van der Waals surface area contributed by atoms with Gasteiger partial charge in [0.2, 0.25) is 0 Å². The Bertz CT molecular complexity index is 1240. The molecule has 3 heterocycles. The fourth-order valence-electron chi connectivity index (χ4n) is 3.99. The molecule has 0 atom stereocenters. The van der Waals surface area contributed by atoms with E-state index in [4.69, 9.17) is 9.98 Å². The van der Waals surface area contributed by atoms with Crippen molar-refractivity contribution in [2.75, 3.05) is 0 Å². The van der Waals surface area contributed by atoms with E-state index in [9.17, 15) is 5.11 Å². The van der Waals surface area contributed by atoms with E-state index >= 15 is 0 Å². The Kier molecular flexibility index (Phi) is 2.02. The van der Waals surface area contributed by atoms with Gasteiger partial charge in [0, 0.05) is 28.5 Å². The molecule has 0 unspecified atom stereocenters. The summed E-state index contributed by atoms with van der Waals surface area (Å²) in [5.41, 5.74) is 8.09. The average Bonchev–Trinajstić information content (AvgIpc) is 3.28. The second-order valence-electron chi connectivity index (χ2n) is 6.22. The van der Waals surface area contributed by atoms with E-state index < -0.39 is 0 Å². The molecule has 0 aliphatic carbocycles. The summed E-state index contributed by atoms with van der Waals surface area (Å²) in [6.45, 7) is 0.621. The molecular formula is C20H11N3O. The van der Waals surface area contributed by atoms with Crippen molar-refractivity contribution in [1.82, 2.24) is 0 Å². The number of phenolic OH excluding ortho intramolecular Hbond substituents is 1. The zero-order valence-electron chi connectivity index (χ0n) is 12.6. The van der Waals surface area contributed by atoms with E-state index in [1.165, 1.54) is 0 Å². The normalized spacial score (nSPS) is 14.3. The van der Waals surface area contributed by atoms with Crippen molar-refractivity contribution in [3.05, 3.63) is 64.3 Å². The van der Waals surface area contributed by atoms with Crippen LogP contribution in [-0.2, 0) is 6.54 Å². The minimum absolute atomic E-state index is 0.263. The zero-order chi connectivity index (χ0) is 15.8. The van der Waals surface area contributed by atoms with Gasteiger partial charge in [0.05, 0.1) is 34.2 Å². The van der Waals surface area contributed by atoms with Gasteiger partial charge in [-0.3, -0.25) is 4.99 Å². The van der Waals surface area contributed by atoms with Gasteiger partial charge >= 0.3 is 0 Å². The van der Waals surface area contributed by atoms with Crippen LogP contribution in [0.15, 0.2) is 57.4 Å². The molecule has 3 aliphatic rings. The van der Waals surface area contributed by atoms with Crippen LogP contribution in [0.5, 0.6) is 5.75 Å². The average molecular weight is 309 g/mol. The van der Waals surface area contributed by atoms with E-state index in [1.54, 1.807) is 6.07 Å². The van der Waals surface area contributed by atoms with Crippen LogP contribution in [0.2, 0.25) is 0 Å². The second kappa shape index (κ2) is 3.97. The van der Waals surface area contributed by atoms with Crippen molar-refractivity contribution in [3.8, 4) is 28.0 Å². The molecular weight excluding hydrogens is 298 g/mol. The van der Waals surface area contributed by atoms with Crippen molar-refractivity contribution in [1.29, 1.82) is 0 Å². The number of hydrogen-bond donors (Lipinski definition) is 1. The third-order valence-corrected chi connectivity index (χ3v) is 4.97. The third kappa shape index (κ3) is 1.28. The Hall–Kier alpha value is -3.27. The summed E-state index contributed by atoms with van der Waals surface area (Å²) in [6, 6.07) is 13.6. The van der Waals surface area contributed by atoms with Gasteiger partial charge in [0.1, 0.15) is 5.75 Å². The highest BCUT2D eigenvalue weighted by atomic mass is 16.3. The molecule has 24 heavy (non-hydrogen) atoms. The Morgan fingerprint density at radius 3 is 2.54 bits per heavy atom. The summed E-state index contributed by atoms with van der Waals surface area (Å²) < 4.78 is 0. The summed E-state index contributed by atoms with van der Waals surface area (Å²) in [6.07, 6.45) is 1.93. The van der Waals surface area contributed by atoms with Gasteiger partial charge in [-0.1, -0.05) is 24.3 Å². The minimum atomic E-state index is 0.263. The van der Waals surface area contributed by atoms with Crippen LogP contribution in [0.25, 0.3) is 22.3 Å². The van der Waals surface area contributed by atoms with Gasteiger partial charge in [0.25, 0.3) is 0 Å². The molecule has 0 amide bonds. The molecule has 0 saturated carbocycles. The highest BCUT2D eigenvalue weighted by Crippen LogP contribution is 2.44. The quantitative estimate of drug-likeness (QED) is 0.469. The van der Waals surface area contributed by atoms with Gasteiger partial charge in [-0.25, -0.2) is 9.98 Å². The number of rotatable bonds is 0. The van der Waals surface area contributed by atoms with E-state index in [0.29, 0.717) is 6.54 Å². The van der Waals surface area contributed by atoms with Crippen molar-refractivity contribution < 1.29 is 5.11 Å². The highest BCUT2D eigenvalue weighted by molar-refractivity contribution is 6.02. The zero-order valence-corrected chi connectivity index (χ0v) is 12.6. The van der Waals surface area contributed by atoms with Crippen molar-refractivity contribution in [2.45, 2.75) is 6.54 Å². The topological polar surface area (TPSA) is 57.3 Å². The maximum absolute atomic E-state index is 10.4. The van der Waals surface area contributed by atoms with Crippen LogP contribution < -0.4 is 10.7 Å². The Balaban J connectivity index is 1.86.